The van der Waals surface area contributed by atoms with Gasteiger partial charge in [-0.15, -0.1) is 0 Å². The van der Waals surface area contributed by atoms with E-state index in [1.54, 1.807) is 15.8 Å². The average molecular weight is 384 g/mol. The highest BCUT2D eigenvalue weighted by atomic mass is 16.2. The van der Waals surface area contributed by atoms with Gasteiger partial charge in [0.25, 0.3) is 0 Å². The summed E-state index contributed by atoms with van der Waals surface area (Å²) in [5, 5.41) is 7.32. The van der Waals surface area contributed by atoms with E-state index in [1.165, 1.54) is 24.0 Å². The molecule has 0 spiro atoms. The summed E-state index contributed by atoms with van der Waals surface area (Å²) < 4.78 is 1.76. The molecule has 0 unspecified atom stereocenters. The lowest BCUT2D eigenvalue weighted by atomic mass is 9.95. The first-order chi connectivity index (χ1) is 13.4. The summed E-state index contributed by atoms with van der Waals surface area (Å²) in [6.07, 6.45) is 6.18. The second-order valence-electron chi connectivity index (χ2n) is 8.21. The highest BCUT2D eigenvalue weighted by Gasteiger charge is 2.25. The molecule has 1 fully saturated rings. The summed E-state index contributed by atoms with van der Waals surface area (Å²) in [5.41, 5.74) is 3.56. The largest absolute Gasteiger partial charge is 0.336 e. The molecule has 0 radical (unpaired) electrons. The molecule has 152 valence electrons. The first-order valence-corrected chi connectivity index (χ1v) is 10.2. The van der Waals surface area contributed by atoms with Crippen molar-refractivity contribution in [3.8, 4) is 0 Å². The van der Waals surface area contributed by atoms with E-state index in [2.05, 4.69) is 53.4 Å². The smallest absolute Gasteiger partial charge is 0.317 e. The van der Waals surface area contributed by atoms with E-state index in [0.717, 1.165) is 24.6 Å². The van der Waals surface area contributed by atoms with E-state index in [0.29, 0.717) is 13.1 Å². The fourth-order valence-corrected chi connectivity index (χ4v) is 3.80. The molecule has 2 heterocycles. The Morgan fingerprint density at radius 2 is 1.96 bits per heavy atom. The van der Waals surface area contributed by atoms with Gasteiger partial charge in [0.15, 0.2) is 0 Å². The van der Waals surface area contributed by atoms with Crippen molar-refractivity contribution in [3.05, 3.63) is 53.3 Å². The van der Waals surface area contributed by atoms with Crippen molar-refractivity contribution in [3.63, 3.8) is 0 Å². The molecule has 1 atom stereocenters. The maximum Gasteiger partial charge on any atom is 0.317 e. The number of carbonyl (C=O) groups excluding carboxylic acids is 1. The molecule has 0 bridgehead atoms. The fourth-order valence-electron chi connectivity index (χ4n) is 3.80. The molecule has 1 aliphatic heterocycles. The van der Waals surface area contributed by atoms with Gasteiger partial charge in [-0.3, -0.25) is 9.58 Å². The minimum absolute atomic E-state index is 0.0497. The number of hydrogen-bond donors (Lipinski definition) is 1. The van der Waals surface area contributed by atoms with Crippen molar-refractivity contribution < 1.29 is 4.79 Å². The third-order valence-corrected chi connectivity index (χ3v) is 5.69. The summed E-state index contributed by atoms with van der Waals surface area (Å²) >= 11 is 0. The van der Waals surface area contributed by atoms with Crippen molar-refractivity contribution in [1.29, 1.82) is 0 Å². The zero-order valence-electron chi connectivity index (χ0n) is 17.6. The number of rotatable bonds is 6. The summed E-state index contributed by atoms with van der Waals surface area (Å²) in [6, 6.07) is 8.87. The molecule has 1 saturated heterocycles. The third-order valence-electron chi connectivity index (χ3n) is 5.69. The number of likely N-dealkylation sites (tertiary alicyclic amines) is 1. The zero-order valence-corrected chi connectivity index (χ0v) is 17.6. The Morgan fingerprint density at radius 1 is 1.29 bits per heavy atom. The number of nitrogens with zero attached hydrogens (tertiary/aromatic N) is 4. The van der Waals surface area contributed by atoms with Crippen molar-refractivity contribution in [1.82, 2.24) is 24.9 Å². The van der Waals surface area contributed by atoms with E-state index in [4.69, 9.17) is 0 Å². The van der Waals surface area contributed by atoms with Gasteiger partial charge < -0.3 is 10.2 Å². The number of aromatic nitrogens is 2. The van der Waals surface area contributed by atoms with Gasteiger partial charge in [-0.1, -0.05) is 36.8 Å². The minimum atomic E-state index is -0.0497. The Bertz CT molecular complexity index is 761. The lowest BCUT2D eigenvalue weighted by Crippen LogP contribution is -2.44. The molecule has 6 nitrogen and oxygen atoms in total. The van der Waals surface area contributed by atoms with E-state index >= 15 is 0 Å². The van der Waals surface area contributed by atoms with Gasteiger partial charge in [0.1, 0.15) is 0 Å². The Labute approximate surface area is 168 Å². The first kappa shape index (κ1) is 20.4. The first-order valence-electron chi connectivity index (χ1n) is 10.2. The second kappa shape index (κ2) is 9.24. The lowest BCUT2D eigenvalue weighted by molar-refractivity contribution is 0.134. The van der Waals surface area contributed by atoms with Crippen LogP contribution in [0.5, 0.6) is 0 Å². The Morgan fingerprint density at radius 3 is 2.57 bits per heavy atom. The molecular formula is C22H33N5O. The molecule has 6 heteroatoms. The van der Waals surface area contributed by atoms with Crippen LogP contribution >= 0.6 is 0 Å². The average Bonchev–Trinajstić information content (AvgIpc) is 3.09. The molecule has 1 aromatic carbocycles. The molecular weight excluding hydrogens is 350 g/mol. The third kappa shape index (κ3) is 5.35. The summed E-state index contributed by atoms with van der Waals surface area (Å²) in [7, 11) is 3.71. The zero-order chi connectivity index (χ0) is 20.1. The van der Waals surface area contributed by atoms with Crippen molar-refractivity contribution in [2.75, 3.05) is 26.7 Å². The quantitative estimate of drug-likeness (QED) is 0.832. The normalized spacial score (nSPS) is 16.7. The highest BCUT2D eigenvalue weighted by Crippen LogP contribution is 2.26. The van der Waals surface area contributed by atoms with Crippen LogP contribution in [0.1, 0.15) is 42.5 Å². The van der Waals surface area contributed by atoms with Gasteiger partial charge in [-0.2, -0.15) is 5.10 Å². The maximum absolute atomic E-state index is 12.6. The number of nitrogens with one attached hydrogen (secondary N) is 1. The van der Waals surface area contributed by atoms with Crippen LogP contribution in [0.4, 0.5) is 4.79 Å². The van der Waals surface area contributed by atoms with Gasteiger partial charge in [-0.05, 0) is 44.3 Å². The van der Waals surface area contributed by atoms with E-state index in [1.807, 2.05) is 20.3 Å². The maximum atomic E-state index is 12.6. The topological polar surface area (TPSA) is 53.4 Å². The molecule has 0 aliphatic carbocycles. The minimum Gasteiger partial charge on any atom is -0.336 e. The highest BCUT2D eigenvalue weighted by molar-refractivity contribution is 5.73. The predicted octanol–water partition coefficient (Wildman–Crippen LogP) is 3.34. The van der Waals surface area contributed by atoms with E-state index in [-0.39, 0.29) is 12.1 Å². The fraction of sp³-hybridized carbons (Fsp3) is 0.545. The number of benzene rings is 1. The van der Waals surface area contributed by atoms with Crippen LogP contribution in [-0.2, 0) is 13.6 Å². The van der Waals surface area contributed by atoms with Crippen LogP contribution in [0.2, 0.25) is 0 Å². The van der Waals surface area contributed by atoms with E-state index < -0.39 is 0 Å². The predicted molar refractivity (Wildman–Crippen MR) is 112 cm³/mol. The molecule has 3 rings (SSSR count). The SMILES string of the molecule is Cc1ccc([C@H](CNC(=O)N(C)Cc2cnn(C)c2)N2CCC(C)CC2)cc1. The lowest BCUT2D eigenvalue weighted by Gasteiger charge is -2.37. The molecule has 0 saturated carbocycles. The van der Waals surface area contributed by atoms with Crippen LogP contribution < -0.4 is 5.32 Å². The molecule has 2 aromatic rings. The molecule has 1 N–H and O–H groups in total. The van der Waals surface area contributed by atoms with Crippen LogP contribution in [0, 0.1) is 12.8 Å². The van der Waals surface area contributed by atoms with Gasteiger partial charge in [0, 0.05) is 32.4 Å². The standard InChI is InChI=1S/C22H33N5O/c1-17-5-7-20(8-6-17)21(27-11-9-18(2)10-12-27)14-23-22(28)25(3)15-19-13-24-26(4)16-19/h5-8,13,16,18,21H,9-12,14-15H2,1-4H3,(H,23,28)/t21-/m0/s1. The second-order valence-corrected chi connectivity index (χ2v) is 8.21. The Balaban J connectivity index is 1.63. The van der Waals surface area contributed by atoms with E-state index in [9.17, 15) is 4.79 Å². The van der Waals surface area contributed by atoms with Crippen LogP contribution in [0.15, 0.2) is 36.7 Å². The Kier molecular flexibility index (Phi) is 6.73. The molecule has 1 aliphatic rings. The number of piperidine rings is 1. The number of hydrogen-bond acceptors (Lipinski definition) is 3. The summed E-state index contributed by atoms with van der Waals surface area (Å²) in [4.78, 5) is 16.9. The van der Waals surface area contributed by atoms with Crippen LogP contribution in [-0.4, -0.2) is 52.3 Å². The summed E-state index contributed by atoms with van der Waals surface area (Å²) in [6.45, 7) is 7.77. The summed E-state index contributed by atoms with van der Waals surface area (Å²) in [5.74, 6) is 0.787. The van der Waals surface area contributed by atoms with Gasteiger partial charge in [0.05, 0.1) is 18.8 Å². The molecule has 1 aromatic heterocycles. The number of amides is 2. The van der Waals surface area contributed by atoms with Crippen molar-refractivity contribution >= 4 is 6.03 Å². The van der Waals surface area contributed by atoms with Gasteiger partial charge in [0.2, 0.25) is 0 Å². The van der Waals surface area contributed by atoms with Gasteiger partial charge >= 0.3 is 6.03 Å². The van der Waals surface area contributed by atoms with Crippen molar-refractivity contribution in [2.24, 2.45) is 13.0 Å². The van der Waals surface area contributed by atoms with Crippen molar-refractivity contribution in [2.45, 2.75) is 39.3 Å². The number of aryl methyl sites for hydroxylation is 2. The van der Waals surface area contributed by atoms with Crippen LogP contribution in [0.3, 0.4) is 0 Å². The number of carbonyl (C=O) groups is 1. The Hall–Kier alpha value is -2.34. The molecule has 28 heavy (non-hydrogen) atoms. The number of urea groups is 1. The molecule has 2 amide bonds. The van der Waals surface area contributed by atoms with Gasteiger partial charge in [-0.25, -0.2) is 4.79 Å². The van der Waals surface area contributed by atoms with Crippen LogP contribution in [0.25, 0.3) is 0 Å². The monoisotopic (exact) mass is 383 g/mol.